The SMILES string of the molecule is CCNc1cc(N(C)C(C)COC)nc(COCC)n1. The summed E-state index contributed by atoms with van der Waals surface area (Å²) in [6.07, 6.45) is 0. The van der Waals surface area contributed by atoms with Crippen molar-refractivity contribution < 1.29 is 9.47 Å². The second-order valence-electron chi connectivity index (χ2n) is 4.61. The van der Waals surface area contributed by atoms with Gasteiger partial charge in [-0.2, -0.15) is 0 Å². The van der Waals surface area contributed by atoms with E-state index in [1.807, 2.05) is 27.0 Å². The largest absolute Gasteiger partial charge is 0.383 e. The smallest absolute Gasteiger partial charge is 0.158 e. The van der Waals surface area contributed by atoms with Gasteiger partial charge in [-0.25, -0.2) is 9.97 Å². The maximum atomic E-state index is 5.40. The predicted octanol–water partition coefficient (Wildman–Crippen LogP) is 1.92. The summed E-state index contributed by atoms with van der Waals surface area (Å²) >= 11 is 0. The maximum Gasteiger partial charge on any atom is 0.158 e. The lowest BCUT2D eigenvalue weighted by Gasteiger charge is -2.26. The van der Waals surface area contributed by atoms with Crippen LogP contribution in [0.1, 0.15) is 26.6 Å². The highest BCUT2D eigenvalue weighted by Gasteiger charge is 2.13. The topological polar surface area (TPSA) is 59.5 Å². The number of methoxy groups -OCH3 is 1. The standard InChI is InChI=1S/C14H26N4O2/c1-6-15-12-8-14(18(4)11(3)9-19-5)17-13(16-12)10-20-7-2/h8,11H,6-7,9-10H2,1-5H3,(H,15,16,17). The molecule has 1 heterocycles. The average Bonchev–Trinajstić information content (AvgIpc) is 2.44. The Bertz CT molecular complexity index is 401. The van der Waals surface area contributed by atoms with Gasteiger partial charge in [0.2, 0.25) is 0 Å². The first kappa shape index (κ1) is 16.7. The minimum atomic E-state index is 0.240. The quantitative estimate of drug-likeness (QED) is 0.746. The zero-order valence-electron chi connectivity index (χ0n) is 13.1. The van der Waals surface area contributed by atoms with Gasteiger partial charge in [-0.15, -0.1) is 0 Å². The Kier molecular flexibility index (Phi) is 7.25. The molecule has 0 aromatic carbocycles. The molecule has 1 N–H and O–H groups in total. The van der Waals surface area contributed by atoms with E-state index in [1.165, 1.54) is 0 Å². The molecule has 0 aliphatic rings. The molecule has 1 unspecified atom stereocenters. The molecule has 0 aliphatic heterocycles. The summed E-state index contributed by atoms with van der Waals surface area (Å²) in [6.45, 7) is 8.65. The second-order valence-corrected chi connectivity index (χ2v) is 4.61. The monoisotopic (exact) mass is 282 g/mol. The summed E-state index contributed by atoms with van der Waals surface area (Å²) in [5.74, 6) is 2.38. The Morgan fingerprint density at radius 2 is 2.10 bits per heavy atom. The highest BCUT2D eigenvalue weighted by molar-refractivity contribution is 5.49. The van der Waals surface area contributed by atoms with E-state index in [0.717, 1.165) is 18.2 Å². The molecule has 0 saturated carbocycles. The van der Waals surface area contributed by atoms with E-state index in [-0.39, 0.29) is 6.04 Å². The molecule has 1 rings (SSSR count). The molecule has 0 spiro atoms. The molecule has 0 bridgehead atoms. The summed E-state index contributed by atoms with van der Waals surface area (Å²) < 4.78 is 10.6. The van der Waals surface area contributed by atoms with Crippen LogP contribution in [0.2, 0.25) is 0 Å². The fourth-order valence-electron chi connectivity index (χ4n) is 1.77. The van der Waals surface area contributed by atoms with Gasteiger partial charge in [-0.3, -0.25) is 0 Å². The van der Waals surface area contributed by atoms with E-state index in [1.54, 1.807) is 7.11 Å². The molecule has 6 heteroatoms. The number of hydrogen-bond acceptors (Lipinski definition) is 6. The first-order valence-corrected chi connectivity index (χ1v) is 7.03. The fourth-order valence-corrected chi connectivity index (χ4v) is 1.77. The molecule has 114 valence electrons. The van der Waals surface area contributed by atoms with Crippen LogP contribution in [0.3, 0.4) is 0 Å². The van der Waals surface area contributed by atoms with Gasteiger partial charge in [0.25, 0.3) is 0 Å². The lowest BCUT2D eigenvalue weighted by atomic mass is 10.3. The number of ether oxygens (including phenoxy) is 2. The number of hydrogen-bond donors (Lipinski definition) is 1. The fraction of sp³-hybridized carbons (Fsp3) is 0.714. The summed E-state index contributed by atoms with van der Waals surface area (Å²) in [4.78, 5) is 11.1. The van der Waals surface area contributed by atoms with Crippen LogP contribution in [0, 0.1) is 0 Å². The highest BCUT2D eigenvalue weighted by Crippen LogP contribution is 2.17. The molecule has 6 nitrogen and oxygen atoms in total. The van der Waals surface area contributed by atoms with E-state index < -0.39 is 0 Å². The van der Waals surface area contributed by atoms with Crippen molar-refractivity contribution in [3.63, 3.8) is 0 Å². The first-order valence-electron chi connectivity index (χ1n) is 7.03. The van der Waals surface area contributed by atoms with Crippen LogP contribution in [0.4, 0.5) is 11.6 Å². The molecule has 1 atom stereocenters. The van der Waals surface area contributed by atoms with Gasteiger partial charge in [0.1, 0.15) is 18.2 Å². The summed E-state index contributed by atoms with van der Waals surface area (Å²) in [5.41, 5.74) is 0. The lowest BCUT2D eigenvalue weighted by molar-refractivity contribution is 0.128. The van der Waals surface area contributed by atoms with E-state index >= 15 is 0 Å². The van der Waals surface area contributed by atoms with Crippen molar-refractivity contribution in [1.82, 2.24) is 9.97 Å². The van der Waals surface area contributed by atoms with Crippen LogP contribution in [-0.2, 0) is 16.1 Å². The van der Waals surface area contributed by atoms with Crippen molar-refractivity contribution in [3.8, 4) is 0 Å². The van der Waals surface area contributed by atoms with Crippen LogP contribution < -0.4 is 10.2 Å². The Morgan fingerprint density at radius 3 is 2.70 bits per heavy atom. The molecule has 0 fully saturated rings. The molecule has 0 aliphatic carbocycles. The summed E-state index contributed by atoms with van der Waals surface area (Å²) in [7, 11) is 3.71. The first-order chi connectivity index (χ1) is 9.62. The number of nitrogens with zero attached hydrogens (tertiary/aromatic N) is 3. The van der Waals surface area contributed by atoms with Gasteiger partial charge >= 0.3 is 0 Å². The third kappa shape index (κ3) is 4.94. The van der Waals surface area contributed by atoms with E-state index in [4.69, 9.17) is 9.47 Å². The number of nitrogens with one attached hydrogen (secondary N) is 1. The predicted molar refractivity (Wildman–Crippen MR) is 81.3 cm³/mol. The third-order valence-electron chi connectivity index (χ3n) is 2.98. The third-order valence-corrected chi connectivity index (χ3v) is 2.98. The molecule has 0 radical (unpaired) electrons. The number of anilines is 2. The Labute approximate surface area is 121 Å². The van der Waals surface area contributed by atoms with Crippen molar-refractivity contribution in [2.75, 3.05) is 44.1 Å². The Balaban J connectivity index is 2.94. The van der Waals surface area contributed by atoms with Gasteiger partial charge in [-0.1, -0.05) is 0 Å². The van der Waals surface area contributed by atoms with Crippen LogP contribution in [0.5, 0.6) is 0 Å². The maximum absolute atomic E-state index is 5.40. The van der Waals surface area contributed by atoms with Crippen molar-refractivity contribution in [2.24, 2.45) is 0 Å². The van der Waals surface area contributed by atoms with E-state index in [0.29, 0.717) is 25.6 Å². The minimum Gasteiger partial charge on any atom is -0.383 e. The van der Waals surface area contributed by atoms with Crippen molar-refractivity contribution in [3.05, 3.63) is 11.9 Å². The molecule has 0 amide bonds. The van der Waals surface area contributed by atoms with E-state index in [9.17, 15) is 0 Å². The van der Waals surface area contributed by atoms with Gasteiger partial charge in [-0.05, 0) is 20.8 Å². The lowest BCUT2D eigenvalue weighted by Crippen LogP contribution is -2.33. The number of aromatic nitrogens is 2. The molecule has 0 saturated heterocycles. The van der Waals surface area contributed by atoms with Crippen molar-refractivity contribution >= 4 is 11.6 Å². The second kappa shape index (κ2) is 8.71. The minimum absolute atomic E-state index is 0.240. The van der Waals surface area contributed by atoms with E-state index in [2.05, 4.69) is 27.1 Å². The summed E-state index contributed by atoms with van der Waals surface area (Å²) in [5, 5.41) is 3.23. The van der Waals surface area contributed by atoms with Crippen LogP contribution in [0.15, 0.2) is 6.07 Å². The average molecular weight is 282 g/mol. The summed E-state index contributed by atoms with van der Waals surface area (Å²) in [6, 6.07) is 2.19. The van der Waals surface area contributed by atoms with Crippen LogP contribution in [0.25, 0.3) is 0 Å². The molecular formula is C14H26N4O2. The molecular weight excluding hydrogens is 256 g/mol. The highest BCUT2D eigenvalue weighted by atomic mass is 16.5. The van der Waals surface area contributed by atoms with Crippen molar-refractivity contribution in [2.45, 2.75) is 33.4 Å². The van der Waals surface area contributed by atoms with Gasteiger partial charge in [0.15, 0.2) is 5.82 Å². The molecule has 1 aromatic heterocycles. The van der Waals surface area contributed by atoms with Gasteiger partial charge < -0.3 is 19.7 Å². The Hall–Kier alpha value is -1.40. The zero-order valence-corrected chi connectivity index (χ0v) is 13.1. The Morgan fingerprint density at radius 1 is 1.35 bits per heavy atom. The van der Waals surface area contributed by atoms with Crippen LogP contribution >= 0.6 is 0 Å². The zero-order chi connectivity index (χ0) is 15.0. The normalized spacial score (nSPS) is 12.2. The van der Waals surface area contributed by atoms with Crippen molar-refractivity contribution in [1.29, 1.82) is 0 Å². The molecule has 1 aromatic rings. The molecule has 20 heavy (non-hydrogen) atoms. The van der Waals surface area contributed by atoms with Gasteiger partial charge in [0.05, 0.1) is 12.6 Å². The number of rotatable bonds is 9. The number of likely N-dealkylation sites (N-methyl/N-ethyl adjacent to an activating group) is 1. The van der Waals surface area contributed by atoms with Gasteiger partial charge in [0, 0.05) is 33.4 Å². The van der Waals surface area contributed by atoms with Crippen LogP contribution in [-0.4, -0.2) is 49.9 Å².